The van der Waals surface area contributed by atoms with Gasteiger partial charge in [-0.3, -0.25) is 4.79 Å². The second-order valence-corrected chi connectivity index (χ2v) is 5.25. The smallest absolute Gasteiger partial charge is 0.281 e. The van der Waals surface area contributed by atoms with Crippen LogP contribution in [0.3, 0.4) is 0 Å². The van der Waals surface area contributed by atoms with E-state index < -0.39 is 5.91 Å². The first kappa shape index (κ1) is 13.1. The van der Waals surface area contributed by atoms with E-state index in [4.69, 9.17) is 5.73 Å². The fraction of sp³-hybridized carbons (Fsp3) is 0.308. The van der Waals surface area contributed by atoms with Crippen LogP contribution in [-0.2, 0) is 5.41 Å². The monoisotopic (exact) mass is 260 g/mol. The Labute approximate surface area is 111 Å². The first-order chi connectivity index (χ1) is 8.89. The number of aromatic nitrogens is 2. The van der Waals surface area contributed by atoms with Crippen molar-refractivity contribution in [3.05, 3.63) is 35.5 Å². The Bertz CT molecular complexity index is 599. The summed E-state index contributed by atoms with van der Waals surface area (Å²) in [6.45, 7) is 6.22. The molecule has 0 saturated heterocycles. The molecule has 6 heteroatoms. The Morgan fingerprint density at radius 3 is 2.53 bits per heavy atom. The number of nitrogens with zero attached hydrogens (tertiary/aromatic N) is 2. The summed E-state index contributed by atoms with van der Waals surface area (Å²) in [7, 11) is 0. The number of nitrogens with one attached hydrogen (secondary N) is 1. The van der Waals surface area contributed by atoms with Gasteiger partial charge in [0.05, 0.1) is 0 Å². The Kier molecular flexibility index (Phi) is 3.25. The zero-order chi connectivity index (χ0) is 14.0. The lowest BCUT2D eigenvalue weighted by molar-refractivity contribution is 0.101. The molecule has 0 atom stereocenters. The summed E-state index contributed by atoms with van der Waals surface area (Å²) in [5.41, 5.74) is 7.15. The lowest BCUT2D eigenvalue weighted by atomic mass is 9.86. The van der Waals surface area contributed by atoms with Gasteiger partial charge in [0.25, 0.3) is 5.91 Å². The van der Waals surface area contributed by atoms with E-state index in [1.807, 2.05) is 24.3 Å². The second-order valence-electron chi connectivity index (χ2n) is 5.25. The highest BCUT2D eigenvalue weighted by molar-refractivity contribution is 6.05. The SMILES string of the molecule is CC(C)(C)c1ccccc1NC(=O)c1nonc1N. The van der Waals surface area contributed by atoms with Crippen molar-refractivity contribution in [1.29, 1.82) is 0 Å². The van der Waals surface area contributed by atoms with E-state index >= 15 is 0 Å². The van der Waals surface area contributed by atoms with Gasteiger partial charge >= 0.3 is 0 Å². The average molecular weight is 260 g/mol. The van der Waals surface area contributed by atoms with Crippen molar-refractivity contribution in [3.63, 3.8) is 0 Å². The van der Waals surface area contributed by atoms with Crippen molar-refractivity contribution >= 4 is 17.4 Å². The number of hydrogen-bond donors (Lipinski definition) is 2. The van der Waals surface area contributed by atoms with Gasteiger partial charge in [0.15, 0.2) is 0 Å². The molecule has 1 aromatic carbocycles. The molecule has 0 aliphatic heterocycles. The van der Waals surface area contributed by atoms with Gasteiger partial charge in [0.1, 0.15) is 0 Å². The number of benzene rings is 1. The number of nitrogens with two attached hydrogens (primary N) is 1. The van der Waals surface area contributed by atoms with Gasteiger partial charge in [-0.25, -0.2) is 4.63 Å². The molecule has 0 unspecified atom stereocenters. The minimum Gasteiger partial charge on any atom is -0.379 e. The third kappa shape index (κ3) is 2.73. The molecule has 2 rings (SSSR count). The summed E-state index contributed by atoms with van der Waals surface area (Å²) in [5, 5.41) is 9.64. The molecular formula is C13H16N4O2. The Morgan fingerprint density at radius 1 is 1.26 bits per heavy atom. The molecule has 1 heterocycles. The van der Waals surface area contributed by atoms with Gasteiger partial charge in [-0.05, 0) is 27.4 Å². The Balaban J connectivity index is 2.30. The molecule has 1 aromatic heterocycles. The molecular weight excluding hydrogens is 244 g/mol. The maximum Gasteiger partial charge on any atom is 0.281 e. The van der Waals surface area contributed by atoms with Crippen LogP contribution in [0, 0.1) is 0 Å². The third-order valence-corrected chi connectivity index (χ3v) is 2.71. The molecule has 3 N–H and O–H groups in total. The molecule has 0 saturated carbocycles. The second kappa shape index (κ2) is 4.72. The van der Waals surface area contributed by atoms with Crippen LogP contribution in [0.25, 0.3) is 0 Å². The molecule has 0 aliphatic carbocycles. The van der Waals surface area contributed by atoms with Crippen molar-refractivity contribution < 1.29 is 9.42 Å². The van der Waals surface area contributed by atoms with E-state index in [1.54, 1.807) is 0 Å². The quantitative estimate of drug-likeness (QED) is 0.863. The van der Waals surface area contributed by atoms with E-state index in [-0.39, 0.29) is 16.9 Å². The maximum atomic E-state index is 12.0. The van der Waals surface area contributed by atoms with Crippen LogP contribution in [0.5, 0.6) is 0 Å². The molecule has 100 valence electrons. The Hall–Kier alpha value is -2.37. The first-order valence-electron chi connectivity index (χ1n) is 5.88. The number of carbonyl (C=O) groups is 1. The standard InChI is InChI=1S/C13H16N4O2/c1-13(2,3)8-6-4-5-7-9(8)15-12(18)10-11(14)17-19-16-10/h4-7H,1-3H3,(H2,14,17)(H,15,18). The predicted octanol–water partition coefficient (Wildman–Crippen LogP) is 2.20. The zero-order valence-electron chi connectivity index (χ0n) is 11.1. The molecule has 1 amide bonds. The molecule has 0 aliphatic rings. The number of anilines is 2. The molecule has 6 nitrogen and oxygen atoms in total. The van der Waals surface area contributed by atoms with Crippen LogP contribution < -0.4 is 11.1 Å². The minimum absolute atomic E-state index is 0.0105. The van der Waals surface area contributed by atoms with Gasteiger partial charge < -0.3 is 11.1 Å². The van der Waals surface area contributed by atoms with Crippen molar-refractivity contribution in [3.8, 4) is 0 Å². The highest BCUT2D eigenvalue weighted by atomic mass is 16.6. The summed E-state index contributed by atoms with van der Waals surface area (Å²) < 4.78 is 4.42. The topological polar surface area (TPSA) is 94.0 Å². The Morgan fingerprint density at radius 2 is 1.95 bits per heavy atom. The summed E-state index contributed by atoms with van der Waals surface area (Å²) in [6.07, 6.45) is 0. The number of nitrogen functional groups attached to an aromatic ring is 1. The van der Waals surface area contributed by atoms with E-state index in [0.717, 1.165) is 11.3 Å². The normalized spacial score (nSPS) is 11.3. The highest BCUT2D eigenvalue weighted by Gasteiger charge is 2.21. The van der Waals surface area contributed by atoms with Crippen LogP contribution in [0.1, 0.15) is 36.8 Å². The summed E-state index contributed by atoms with van der Waals surface area (Å²) in [5.74, 6) is -0.457. The summed E-state index contributed by atoms with van der Waals surface area (Å²) in [4.78, 5) is 12.0. The lowest BCUT2D eigenvalue weighted by Gasteiger charge is -2.22. The average Bonchev–Trinajstić information content (AvgIpc) is 2.75. The molecule has 0 radical (unpaired) electrons. The number of carbonyl (C=O) groups excluding carboxylic acids is 1. The summed E-state index contributed by atoms with van der Waals surface area (Å²) >= 11 is 0. The number of para-hydroxylation sites is 1. The minimum atomic E-state index is -0.435. The van der Waals surface area contributed by atoms with Crippen molar-refractivity contribution in [1.82, 2.24) is 10.3 Å². The maximum absolute atomic E-state index is 12.0. The molecule has 19 heavy (non-hydrogen) atoms. The highest BCUT2D eigenvalue weighted by Crippen LogP contribution is 2.29. The van der Waals surface area contributed by atoms with Gasteiger partial charge in [-0.2, -0.15) is 0 Å². The van der Waals surface area contributed by atoms with Gasteiger partial charge in [0.2, 0.25) is 11.5 Å². The fourth-order valence-corrected chi connectivity index (χ4v) is 1.78. The third-order valence-electron chi connectivity index (χ3n) is 2.71. The molecule has 2 aromatic rings. The van der Waals surface area contributed by atoms with Gasteiger partial charge in [0, 0.05) is 5.69 Å². The fourth-order valence-electron chi connectivity index (χ4n) is 1.78. The van der Waals surface area contributed by atoms with E-state index in [0.29, 0.717) is 0 Å². The van der Waals surface area contributed by atoms with E-state index in [2.05, 4.69) is 41.0 Å². The lowest BCUT2D eigenvalue weighted by Crippen LogP contribution is -2.19. The first-order valence-corrected chi connectivity index (χ1v) is 5.88. The van der Waals surface area contributed by atoms with Crippen molar-refractivity contribution in [2.75, 3.05) is 11.1 Å². The summed E-state index contributed by atoms with van der Waals surface area (Å²) in [6, 6.07) is 7.60. The van der Waals surface area contributed by atoms with Crippen LogP contribution in [0.4, 0.5) is 11.5 Å². The van der Waals surface area contributed by atoms with Crippen LogP contribution in [0.2, 0.25) is 0 Å². The molecule has 0 fully saturated rings. The van der Waals surface area contributed by atoms with Crippen molar-refractivity contribution in [2.24, 2.45) is 0 Å². The van der Waals surface area contributed by atoms with Crippen LogP contribution >= 0.6 is 0 Å². The number of rotatable bonds is 2. The van der Waals surface area contributed by atoms with Crippen LogP contribution in [0.15, 0.2) is 28.9 Å². The van der Waals surface area contributed by atoms with Crippen LogP contribution in [-0.4, -0.2) is 16.2 Å². The predicted molar refractivity (Wildman–Crippen MR) is 71.8 cm³/mol. The van der Waals surface area contributed by atoms with Gasteiger partial charge in [-0.1, -0.05) is 39.0 Å². The van der Waals surface area contributed by atoms with Gasteiger partial charge in [-0.15, -0.1) is 0 Å². The number of hydrogen-bond acceptors (Lipinski definition) is 5. The van der Waals surface area contributed by atoms with E-state index in [1.165, 1.54) is 0 Å². The zero-order valence-corrected chi connectivity index (χ0v) is 11.1. The molecule has 0 spiro atoms. The van der Waals surface area contributed by atoms with E-state index in [9.17, 15) is 4.79 Å². The largest absolute Gasteiger partial charge is 0.379 e. The molecule has 0 bridgehead atoms. The van der Waals surface area contributed by atoms with Crippen molar-refractivity contribution in [2.45, 2.75) is 26.2 Å². The number of amides is 1.